The van der Waals surface area contributed by atoms with Crippen LogP contribution in [0.25, 0.3) is 21.9 Å². The number of furan rings is 1. The van der Waals surface area contributed by atoms with E-state index in [9.17, 15) is 9.59 Å². The van der Waals surface area contributed by atoms with Gasteiger partial charge in [-0.25, -0.2) is 4.79 Å². The van der Waals surface area contributed by atoms with Crippen molar-refractivity contribution in [2.24, 2.45) is 0 Å². The van der Waals surface area contributed by atoms with E-state index in [4.69, 9.17) is 13.9 Å². The first-order chi connectivity index (χ1) is 11.8. The van der Waals surface area contributed by atoms with Crippen LogP contribution in [-0.4, -0.2) is 23.7 Å². The highest BCUT2D eigenvalue weighted by atomic mass is 16.4. The molecular weight excluding hydrogens is 322 g/mol. The van der Waals surface area contributed by atoms with Crippen molar-refractivity contribution in [2.45, 2.75) is 40.2 Å². The van der Waals surface area contributed by atoms with E-state index in [0.717, 1.165) is 27.7 Å². The summed E-state index contributed by atoms with van der Waals surface area (Å²) in [7, 11) is 0. The molecule has 1 amide bonds. The molecule has 0 aliphatic rings. The molecule has 0 bridgehead atoms. The van der Waals surface area contributed by atoms with Crippen molar-refractivity contribution in [2.75, 3.05) is 6.61 Å². The Labute approximate surface area is 144 Å². The summed E-state index contributed by atoms with van der Waals surface area (Å²) in [5.74, 6) is 0.496. The Morgan fingerprint density at radius 1 is 1.12 bits per heavy atom. The molecule has 0 spiro atoms. The minimum absolute atomic E-state index is 0.0874. The summed E-state index contributed by atoms with van der Waals surface area (Å²) in [6.07, 6.45) is -0.0874. The number of aliphatic hydroxyl groups excluding tert-OH is 1. The molecular formula is C19H21NO5. The molecule has 0 radical (unpaired) electrons. The lowest BCUT2D eigenvalue weighted by Gasteiger charge is -2.12. The Morgan fingerprint density at radius 2 is 1.76 bits per heavy atom. The van der Waals surface area contributed by atoms with Crippen molar-refractivity contribution in [3.05, 3.63) is 45.0 Å². The van der Waals surface area contributed by atoms with Gasteiger partial charge in [-0.15, -0.1) is 0 Å². The van der Waals surface area contributed by atoms with Gasteiger partial charge in [-0.2, -0.15) is 0 Å². The van der Waals surface area contributed by atoms with Crippen LogP contribution in [0, 0.1) is 20.8 Å². The first-order valence-electron chi connectivity index (χ1n) is 8.18. The summed E-state index contributed by atoms with van der Waals surface area (Å²) in [5, 5.41) is 13.4. The van der Waals surface area contributed by atoms with E-state index in [2.05, 4.69) is 5.32 Å². The molecule has 6 heteroatoms. The van der Waals surface area contributed by atoms with Crippen LogP contribution in [0.3, 0.4) is 0 Å². The van der Waals surface area contributed by atoms with E-state index < -0.39 is 5.63 Å². The molecule has 1 aromatic carbocycles. The minimum Gasteiger partial charge on any atom is -0.461 e. The Kier molecular flexibility index (Phi) is 4.39. The number of hydrogen-bond acceptors (Lipinski definition) is 5. The fourth-order valence-electron chi connectivity index (χ4n) is 2.96. The van der Waals surface area contributed by atoms with Crippen LogP contribution in [0.4, 0.5) is 0 Å². The Bertz CT molecular complexity index is 1030. The number of amides is 1. The molecule has 132 valence electrons. The molecule has 0 fully saturated rings. The van der Waals surface area contributed by atoms with Gasteiger partial charge in [-0.1, -0.05) is 0 Å². The number of nitrogens with one attached hydrogen (secondary N) is 1. The zero-order valence-corrected chi connectivity index (χ0v) is 14.7. The Hall–Kier alpha value is -2.60. The van der Waals surface area contributed by atoms with Gasteiger partial charge in [-0.3, -0.25) is 4.79 Å². The SMILES string of the molecule is Cc1oc2cc3oc(=O)c(CC(=O)NC(C)CO)c(C)c3cc2c1C. The predicted octanol–water partition coefficient (Wildman–Crippen LogP) is 2.50. The van der Waals surface area contributed by atoms with E-state index in [-0.39, 0.29) is 25.0 Å². The van der Waals surface area contributed by atoms with Gasteiger partial charge >= 0.3 is 5.63 Å². The van der Waals surface area contributed by atoms with Gasteiger partial charge in [0.25, 0.3) is 0 Å². The van der Waals surface area contributed by atoms with Crippen molar-refractivity contribution in [1.82, 2.24) is 5.32 Å². The van der Waals surface area contributed by atoms with Crippen LogP contribution in [0.1, 0.15) is 29.4 Å². The second-order valence-corrected chi connectivity index (χ2v) is 6.45. The molecule has 6 nitrogen and oxygen atoms in total. The van der Waals surface area contributed by atoms with Crippen LogP contribution in [0.5, 0.6) is 0 Å². The van der Waals surface area contributed by atoms with Crippen LogP contribution < -0.4 is 10.9 Å². The quantitative estimate of drug-likeness (QED) is 0.710. The van der Waals surface area contributed by atoms with Crippen molar-refractivity contribution in [3.63, 3.8) is 0 Å². The van der Waals surface area contributed by atoms with Crippen LogP contribution in [0.2, 0.25) is 0 Å². The summed E-state index contributed by atoms with van der Waals surface area (Å²) in [6.45, 7) is 7.21. The summed E-state index contributed by atoms with van der Waals surface area (Å²) in [5.41, 5.74) is 2.67. The summed E-state index contributed by atoms with van der Waals surface area (Å²) >= 11 is 0. The van der Waals surface area contributed by atoms with Crippen molar-refractivity contribution < 1.29 is 18.7 Å². The van der Waals surface area contributed by atoms with Crippen molar-refractivity contribution in [1.29, 1.82) is 0 Å². The number of carbonyl (C=O) groups is 1. The van der Waals surface area contributed by atoms with E-state index in [1.165, 1.54) is 0 Å². The first kappa shape index (κ1) is 17.2. The molecule has 2 heterocycles. The predicted molar refractivity (Wildman–Crippen MR) is 94.9 cm³/mol. The average molecular weight is 343 g/mol. The van der Waals surface area contributed by atoms with Gasteiger partial charge in [0.1, 0.15) is 16.9 Å². The first-order valence-corrected chi connectivity index (χ1v) is 8.18. The highest BCUT2D eigenvalue weighted by Crippen LogP contribution is 2.30. The van der Waals surface area contributed by atoms with Crippen molar-refractivity contribution >= 4 is 27.8 Å². The lowest BCUT2D eigenvalue weighted by molar-refractivity contribution is -0.121. The number of fused-ring (bicyclic) bond motifs is 2. The van der Waals surface area contributed by atoms with Gasteiger partial charge in [0.15, 0.2) is 0 Å². The molecule has 1 atom stereocenters. The molecule has 2 N–H and O–H groups in total. The number of benzene rings is 1. The summed E-state index contributed by atoms with van der Waals surface area (Å²) in [4.78, 5) is 24.4. The van der Waals surface area contributed by atoms with Crippen molar-refractivity contribution in [3.8, 4) is 0 Å². The third-order valence-electron chi connectivity index (χ3n) is 4.60. The highest BCUT2D eigenvalue weighted by molar-refractivity contribution is 5.97. The Balaban J connectivity index is 2.11. The maximum atomic E-state index is 12.3. The molecule has 0 aliphatic heterocycles. The van der Waals surface area contributed by atoms with Gasteiger partial charge in [-0.05, 0) is 44.9 Å². The Morgan fingerprint density at radius 3 is 2.44 bits per heavy atom. The molecule has 1 unspecified atom stereocenters. The zero-order chi connectivity index (χ0) is 18.3. The molecule has 0 aliphatic carbocycles. The number of aliphatic hydroxyl groups is 1. The van der Waals surface area contributed by atoms with E-state index in [1.54, 1.807) is 13.0 Å². The molecule has 0 saturated heterocycles. The van der Waals surface area contributed by atoms with E-state index >= 15 is 0 Å². The molecule has 0 saturated carbocycles. The second-order valence-electron chi connectivity index (χ2n) is 6.45. The third kappa shape index (κ3) is 3.05. The zero-order valence-electron chi connectivity index (χ0n) is 14.7. The number of rotatable bonds is 4. The fourth-order valence-corrected chi connectivity index (χ4v) is 2.96. The average Bonchev–Trinajstić information content (AvgIpc) is 2.84. The monoisotopic (exact) mass is 343 g/mol. The summed E-state index contributed by atoms with van der Waals surface area (Å²) < 4.78 is 11.1. The normalized spacial score (nSPS) is 12.7. The fraction of sp³-hybridized carbons (Fsp3) is 0.368. The number of hydrogen-bond donors (Lipinski definition) is 2. The van der Waals surface area contributed by atoms with Gasteiger partial charge in [0, 0.05) is 22.9 Å². The lowest BCUT2D eigenvalue weighted by Crippen LogP contribution is -2.37. The molecule has 3 rings (SSSR count). The standard InChI is InChI=1S/C19H21NO5/c1-9(8-21)20-18(22)6-15-11(3)14-5-13-10(2)12(4)24-16(13)7-17(14)25-19(15)23/h5,7,9,21H,6,8H2,1-4H3,(H,20,22). The smallest absolute Gasteiger partial charge is 0.340 e. The summed E-state index contributed by atoms with van der Waals surface area (Å²) in [6, 6.07) is 3.29. The molecule has 25 heavy (non-hydrogen) atoms. The molecule has 2 aromatic heterocycles. The molecule has 3 aromatic rings. The third-order valence-corrected chi connectivity index (χ3v) is 4.60. The minimum atomic E-state index is -0.531. The van der Waals surface area contributed by atoms with Crippen LogP contribution in [0.15, 0.2) is 25.8 Å². The van der Waals surface area contributed by atoms with E-state index in [1.807, 2.05) is 26.8 Å². The van der Waals surface area contributed by atoms with Crippen LogP contribution in [-0.2, 0) is 11.2 Å². The topological polar surface area (TPSA) is 92.7 Å². The second kappa shape index (κ2) is 6.37. The largest absolute Gasteiger partial charge is 0.461 e. The number of carbonyl (C=O) groups excluding carboxylic acids is 1. The van der Waals surface area contributed by atoms with E-state index in [0.29, 0.717) is 16.7 Å². The maximum Gasteiger partial charge on any atom is 0.340 e. The van der Waals surface area contributed by atoms with Gasteiger partial charge in [0.05, 0.1) is 18.6 Å². The van der Waals surface area contributed by atoms with Gasteiger partial charge < -0.3 is 19.3 Å². The highest BCUT2D eigenvalue weighted by Gasteiger charge is 2.18. The lowest BCUT2D eigenvalue weighted by atomic mass is 10.0. The number of aryl methyl sites for hydroxylation is 3. The maximum absolute atomic E-state index is 12.3. The van der Waals surface area contributed by atoms with Crippen LogP contribution >= 0.6 is 0 Å². The van der Waals surface area contributed by atoms with Gasteiger partial charge in [0.2, 0.25) is 5.91 Å².